The number of hydrogen-bond acceptors (Lipinski definition) is 6. The van der Waals surface area contributed by atoms with Crippen molar-refractivity contribution in [2.45, 2.75) is 50.2 Å². The summed E-state index contributed by atoms with van der Waals surface area (Å²) in [7, 11) is 0. The standard InChI is InChI=1S/C12H16O6/c1-6-4-12(18-10(6)14)9-8(7(5-13)15-12)16-11(2,3)17-9/h7-9,13H,1,4-5H2,2-3H3/t7-,8-,9-,12+/m1/s1. The van der Waals surface area contributed by atoms with Crippen molar-refractivity contribution >= 4 is 5.97 Å². The molecule has 0 unspecified atom stereocenters. The Kier molecular flexibility index (Phi) is 2.38. The molecule has 3 fully saturated rings. The fraction of sp³-hybridized carbons (Fsp3) is 0.750. The van der Waals surface area contributed by atoms with Crippen LogP contribution in [0.2, 0.25) is 0 Å². The summed E-state index contributed by atoms with van der Waals surface area (Å²) in [6, 6.07) is 0. The van der Waals surface area contributed by atoms with Crippen LogP contribution in [0.1, 0.15) is 20.3 Å². The second-order valence-corrected chi connectivity index (χ2v) is 5.34. The number of hydrogen-bond donors (Lipinski definition) is 1. The molecule has 3 heterocycles. The summed E-state index contributed by atoms with van der Waals surface area (Å²) in [6.07, 6.45) is -1.30. The summed E-state index contributed by atoms with van der Waals surface area (Å²) in [5.41, 5.74) is 0.348. The molecule has 18 heavy (non-hydrogen) atoms. The maximum atomic E-state index is 11.5. The molecular weight excluding hydrogens is 240 g/mol. The number of fused-ring (bicyclic) bond motifs is 2. The lowest BCUT2D eigenvalue weighted by Gasteiger charge is -2.29. The monoisotopic (exact) mass is 256 g/mol. The molecule has 3 aliphatic heterocycles. The molecule has 3 saturated heterocycles. The first-order valence-electron chi connectivity index (χ1n) is 5.92. The van der Waals surface area contributed by atoms with Crippen LogP contribution in [0.15, 0.2) is 12.2 Å². The van der Waals surface area contributed by atoms with Gasteiger partial charge in [-0.05, 0) is 13.8 Å². The largest absolute Gasteiger partial charge is 0.426 e. The van der Waals surface area contributed by atoms with Crippen molar-refractivity contribution in [3.8, 4) is 0 Å². The van der Waals surface area contributed by atoms with Gasteiger partial charge in [-0.15, -0.1) is 0 Å². The molecule has 6 heteroatoms. The molecule has 0 aromatic carbocycles. The van der Waals surface area contributed by atoms with Crippen LogP contribution in [0.4, 0.5) is 0 Å². The summed E-state index contributed by atoms with van der Waals surface area (Å²) in [4.78, 5) is 11.5. The number of rotatable bonds is 1. The minimum atomic E-state index is -1.19. The fourth-order valence-corrected chi connectivity index (χ4v) is 2.79. The van der Waals surface area contributed by atoms with Crippen LogP contribution in [0, 0.1) is 0 Å². The summed E-state index contributed by atoms with van der Waals surface area (Å²) >= 11 is 0. The smallest absolute Gasteiger partial charge is 0.336 e. The van der Waals surface area contributed by atoms with Gasteiger partial charge in [-0.2, -0.15) is 0 Å². The van der Waals surface area contributed by atoms with E-state index in [0.29, 0.717) is 5.57 Å². The predicted molar refractivity (Wildman–Crippen MR) is 58.4 cm³/mol. The number of esters is 1. The molecule has 0 aromatic rings. The predicted octanol–water partition coefficient (Wildman–Crippen LogP) is 0.0970. The topological polar surface area (TPSA) is 74.2 Å². The van der Waals surface area contributed by atoms with E-state index in [9.17, 15) is 9.90 Å². The molecular formula is C12H16O6. The third-order valence-electron chi connectivity index (χ3n) is 3.47. The van der Waals surface area contributed by atoms with Gasteiger partial charge in [0.05, 0.1) is 6.61 Å². The first kappa shape index (κ1) is 12.1. The van der Waals surface area contributed by atoms with Gasteiger partial charge >= 0.3 is 5.97 Å². The second-order valence-electron chi connectivity index (χ2n) is 5.34. The van der Waals surface area contributed by atoms with Gasteiger partial charge in [-0.3, -0.25) is 0 Å². The zero-order chi connectivity index (χ0) is 13.1. The molecule has 3 rings (SSSR count). The van der Waals surface area contributed by atoms with E-state index in [1.165, 1.54) is 0 Å². The number of aliphatic hydroxyl groups is 1. The average Bonchev–Trinajstić information content (AvgIpc) is 2.82. The van der Waals surface area contributed by atoms with Gasteiger partial charge in [0.2, 0.25) is 5.79 Å². The van der Waals surface area contributed by atoms with E-state index in [0.717, 1.165) is 0 Å². The summed E-state index contributed by atoms with van der Waals surface area (Å²) in [5, 5.41) is 9.34. The van der Waals surface area contributed by atoms with E-state index in [1.54, 1.807) is 13.8 Å². The Labute approximate surface area is 104 Å². The van der Waals surface area contributed by atoms with Gasteiger partial charge < -0.3 is 24.1 Å². The van der Waals surface area contributed by atoms with Crippen molar-refractivity contribution in [3.63, 3.8) is 0 Å². The molecule has 0 amide bonds. The van der Waals surface area contributed by atoms with Gasteiger partial charge in [0.25, 0.3) is 0 Å². The van der Waals surface area contributed by atoms with E-state index in [2.05, 4.69) is 6.58 Å². The molecule has 3 aliphatic rings. The van der Waals surface area contributed by atoms with Crippen LogP contribution in [-0.2, 0) is 23.7 Å². The van der Waals surface area contributed by atoms with Crippen LogP contribution in [-0.4, -0.2) is 47.6 Å². The molecule has 0 saturated carbocycles. The van der Waals surface area contributed by atoms with Crippen molar-refractivity contribution in [1.29, 1.82) is 0 Å². The Morgan fingerprint density at radius 1 is 1.39 bits per heavy atom. The Hall–Kier alpha value is -0.950. The lowest BCUT2D eigenvalue weighted by molar-refractivity contribution is -0.272. The first-order chi connectivity index (χ1) is 8.37. The Bertz CT molecular complexity index is 399. The van der Waals surface area contributed by atoms with E-state index < -0.39 is 35.9 Å². The van der Waals surface area contributed by atoms with Crippen molar-refractivity contribution in [3.05, 3.63) is 12.2 Å². The van der Waals surface area contributed by atoms with Crippen molar-refractivity contribution in [1.82, 2.24) is 0 Å². The average molecular weight is 256 g/mol. The zero-order valence-electron chi connectivity index (χ0n) is 10.3. The van der Waals surface area contributed by atoms with Crippen LogP contribution in [0.25, 0.3) is 0 Å². The summed E-state index contributed by atoms with van der Waals surface area (Å²) in [6.45, 7) is 6.98. The lowest BCUT2D eigenvalue weighted by atomic mass is 10.0. The van der Waals surface area contributed by atoms with Gasteiger partial charge in [-0.25, -0.2) is 4.79 Å². The minimum absolute atomic E-state index is 0.216. The molecule has 6 nitrogen and oxygen atoms in total. The Balaban J connectivity index is 1.94. The number of aliphatic hydroxyl groups excluding tert-OH is 1. The van der Waals surface area contributed by atoms with Crippen LogP contribution in [0.5, 0.6) is 0 Å². The molecule has 0 aliphatic carbocycles. The van der Waals surface area contributed by atoms with Crippen LogP contribution < -0.4 is 0 Å². The van der Waals surface area contributed by atoms with E-state index >= 15 is 0 Å². The minimum Gasteiger partial charge on any atom is -0.426 e. The van der Waals surface area contributed by atoms with Gasteiger partial charge in [0.15, 0.2) is 11.9 Å². The van der Waals surface area contributed by atoms with E-state index in [-0.39, 0.29) is 13.0 Å². The fourth-order valence-electron chi connectivity index (χ4n) is 2.79. The highest BCUT2D eigenvalue weighted by atomic mass is 16.8. The SMILES string of the molecule is C=C1C[C@@]2(OC1=O)O[C@H](CO)[C@H]1OC(C)(C)O[C@H]12. The second kappa shape index (κ2) is 3.54. The normalized spacial score (nSPS) is 45.6. The summed E-state index contributed by atoms with van der Waals surface area (Å²) < 4.78 is 22.4. The molecule has 1 N–H and O–H groups in total. The first-order valence-corrected chi connectivity index (χ1v) is 5.92. The third-order valence-corrected chi connectivity index (χ3v) is 3.47. The molecule has 1 spiro atoms. The Morgan fingerprint density at radius 2 is 2.11 bits per heavy atom. The maximum Gasteiger partial charge on any atom is 0.336 e. The number of carbonyl (C=O) groups is 1. The number of ether oxygens (including phenoxy) is 4. The van der Waals surface area contributed by atoms with Crippen LogP contribution in [0.3, 0.4) is 0 Å². The van der Waals surface area contributed by atoms with E-state index in [4.69, 9.17) is 18.9 Å². The number of carbonyl (C=O) groups excluding carboxylic acids is 1. The molecule has 0 aromatic heterocycles. The van der Waals surface area contributed by atoms with E-state index in [1.807, 2.05) is 0 Å². The molecule has 0 radical (unpaired) electrons. The molecule has 100 valence electrons. The molecule has 0 bridgehead atoms. The van der Waals surface area contributed by atoms with Crippen molar-refractivity contribution in [2.75, 3.05) is 6.61 Å². The highest BCUT2D eigenvalue weighted by molar-refractivity contribution is 5.90. The summed E-state index contributed by atoms with van der Waals surface area (Å²) in [5.74, 6) is -2.46. The lowest BCUT2D eigenvalue weighted by Crippen LogP contribution is -2.43. The third kappa shape index (κ3) is 1.53. The van der Waals surface area contributed by atoms with Gasteiger partial charge in [-0.1, -0.05) is 6.58 Å². The maximum absolute atomic E-state index is 11.5. The zero-order valence-corrected chi connectivity index (χ0v) is 10.3. The Morgan fingerprint density at radius 3 is 2.67 bits per heavy atom. The van der Waals surface area contributed by atoms with Crippen molar-refractivity contribution < 1.29 is 28.8 Å². The van der Waals surface area contributed by atoms with Gasteiger partial charge in [0, 0.05) is 12.0 Å². The quantitative estimate of drug-likeness (QED) is 0.529. The van der Waals surface area contributed by atoms with Crippen molar-refractivity contribution in [2.24, 2.45) is 0 Å². The highest BCUT2D eigenvalue weighted by Crippen LogP contribution is 2.49. The van der Waals surface area contributed by atoms with Gasteiger partial charge in [0.1, 0.15) is 12.2 Å². The molecule has 4 atom stereocenters. The highest BCUT2D eigenvalue weighted by Gasteiger charge is 2.67. The van der Waals surface area contributed by atoms with Crippen LogP contribution >= 0.6 is 0 Å².